The van der Waals surface area contributed by atoms with E-state index in [9.17, 15) is 4.79 Å². The lowest BCUT2D eigenvalue weighted by Crippen LogP contribution is -2.34. The van der Waals surface area contributed by atoms with Gasteiger partial charge in [-0.3, -0.25) is 9.69 Å². The summed E-state index contributed by atoms with van der Waals surface area (Å²) in [6.45, 7) is 4.84. The van der Waals surface area contributed by atoms with Crippen LogP contribution in [0.2, 0.25) is 0 Å². The molecule has 7 rings (SSSR count). The Morgan fingerprint density at radius 2 is 1.07 bits per heavy atom. The second kappa shape index (κ2) is 11.3. The highest BCUT2D eigenvalue weighted by atomic mass is 16.3. The smallest absolute Gasteiger partial charge is 0.187 e. The molecule has 1 fully saturated rings. The van der Waals surface area contributed by atoms with E-state index in [1.807, 2.05) is 140 Å². The van der Waals surface area contributed by atoms with Crippen molar-refractivity contribution in [1.82, 2.24) is 24.5 Å². The molecule has 0 N–H and O–H groups in total. The van der Waals surface area contributed by atoms with Crippen LogP contribution in [0.4, 0.5) is 0 Å². The van der Waals surface area contributed by atoms with Gasteiger partial charge in [0, 0.05) is 47.8 Å². The van der Waals surface area contributed by atoms with Gasteiger partial charge in [0.15, 0.2) is 17.3 Å². The number of likely N-dealkylation sites (tertiary alicyclic amines) is 1. The fraction of sp³-hybridized carbons (Fsp3) is 0.139. The summed E-state index contributed by atoms with van der Waals surface area (Å²) >= 11 is 0. The summed E-state index contributed by atoms with van der Waals surface area (Å²) < 4.78 is 15.6. The molecule has 0 amide bonds. The van der Waals surface area contributed by atoms with Gasteiger partial charge in [0.1, 0.15) is 22.9 Å². The van der Waals surface area contributed by atoms with E-state index in [4.69, 9.17) is 19.0 Å². The van der Waals surface area contributed by atoms with Crippen molar-refractivity contribution in [3.05, 3.63) is 131 Å². The topological polar surface area (TPSA) is 82.2 Å². The van der Waals surface area contributed by atoms with E-state index in [1.54, 1.807) is 0 Å². The molecule has 0 unspecified atom stereocenters. The molecule has 218 valence electrons. The predicted octanol–water partition coefficient (Wildman–Crippen LogP) is 7.18. The Morgan fingerprint density at radius 3 is 1.45 bits per heavy atom. The van der Waals surface area contributed by atoms with Gasteiger partial charge in [-0.25, -0.2) is 9.36 Å². The first kappa shape index (κ1) is 27.4. The number of likely N-dealkylation sites (N-methyl/N-ethyl adjacent to an activating group) is 1. The monoisotopic (exact) mass is 581 g/mol. The molecule has 0 spiro atoms. The third kappa shape index (κ3) is 5.39. The Balaban J connectivity index is 1.30. The van der Waals surface area contributed by atoms with Crippen molar-refractivity contribution >= 4 is 17.9 Å². The molecule has 0 saturated carbocycles. The van der Waals surface area contributed by atoms with Gasteiger partial charge in [0.25, 0.3) is 0 Å². The van der Waals surface area contributed by atoms with Crippen molar-refractivity contribution in [2.75, 3.05) is 20.1 Å². The Labute approximate surface area is 255 Å². The number of piperidine rings is 1. The first-order valence-electron chi connectivity index (χ1n) is 14.5. The van der Waals surface area contributed by atoms with E-state index in [0.29, 0.717) is 47.1 Å². The van der Waals surface area contributed by atoms with Crippen molar-refractivity contribution in [2.24, 2.45) is 0 Å². The van der Waals surface area contributed by atoms with Crippen LogP contribution in [0, 0.1) is 13.8 Å². The predicted molar refractivity (Wildman–Crippen MR) is 170 cm³/mol. The van der Waals surface area contributed by atoms with Gasteiger partial charge in [-0.1, -0.05) is 36.4 Å². The first-order chi connectivity index (χ1) is 21.4. The second-order valence-electron chi connectivity index (χ2n) is 11.1. The molecule has 2 aromatic carbocycles. The fourth-order valence-electron chi connectivity index (χ4n) is 5.50. The average molecular weight is 582 g/mol. The number of furan rings is 2. The molecule has 0 bridgehead atoms. The minimum Gasteiger partial charge on any atom is -0.460 e. The van der Waals surface area contributed by atoms with E-state index in [-0.39, 0.29) is 5.78 Å². The maximum atomic E-state index is 14.1. The van der Waals surface area contributed by atoms with E-state index in [2.05, 4.69) is 4.90 Å². The Bertz CT molecular complexity index is 1880. The Hall–Kier alpha value is -5.47. The molecule has 6 aromatic rings. The van der Waals surface area contributed by atoms with E-state index >= 15 is 0 Å². The number of benzene rings is 2. The SMILES string of the molecule is Cc1ccc(-c2nn(-c3ccccc3)cc2/C=C2\CN(C)C/C(=C\c3cn(-c4ccccc4)nc3-c3ccc(C)o3)C2=O)o1. The van der Waals surface area contributed by atoms with Crippen LogP contribution in [0.3, 0.4) is 0 Å². The normalized spacial score (nSPS) is 15.9. The summed E-state index contributed by atoms with van der Waals surface area (Å²) in [6.07, 6.45) is 7.77. The number of rotatable bonds is 6. The van der Waals surface area contributed by atoms with Crippen molar-refractivity contribution < 1.29 is 13.6 Å². The molecule has 0 aliphatic carbocycles. The molecular weight excluding hydrogens is 550 g/mol. The highest BCUT2D eigenvalue weighted by Crippen LogP contribution is 2.31. The van der Waals surface area contributed by atoms with Gasteiger partial charge in [0.2, 0.25) is 0 Å². The maximum absolute atomic E-state index is 14.1. The van der Waals surface area contributed by atoms with Crippen molar-refractivity contribution in [3.8, 4) is 34.3 Å². The molecule has 44 heavy (non-hydrogen) atoms. The van der Waals surface area contributed by atoms with Crippen LogP contribution in [0.15, 0.2) is 117 Å². The summed E-state index contributed by atoms with van der Waals surface area (Å²) in [5.41, 5.74) is 6.17. The second-order valence-corrected chi connectivity index (χ2v) is 11.1. The number of para-hydroxylation sites is 2. The largest absolute Gasteiger partial charge is 0.460 e. The van der Waals surface area contributed by atoms with E-state index in [0.717, 1.165) is 34.0 Å². The first-order valence-corrected chi connectivity index (χ1v) is 14.5. The van der Waals surface area contributed by atoms with Crippen LogP contribution in [0.1, 0.15) is 22.6 Å². The van der Waals surface area contributed by atoms with Crippen LogP contribution in [0.25, 0.3) is 46.4 Å². The standard InChI is InChI=1S/C36H31N5O3/c1-24-14-16-32(43-24)34-26(22-40(37-34)30-10-6-4-7-11-30)18-28-20-39(3)21-29(36(28)42)19-27-23-41(31-12-8-5-9-13-31)38-35(27)33-17-15-25(2)44-33/h4-19,22-23H,20-21H2,1-3H3/b28-18+,29-19+. The van der Waals surface area contributed by atoms with Crippen LogP contribution in [0.5, 0.6) is 0 Å². The molecule has 1 aliphatic rings. The zero-order chi connectivity index (χ0) is 30.2. The van der Waals surface area contributed by atoms with E-state index < -0.39 is 0 Å². The lowest BCUT2D eigenvalue weighted by atomic mass is 9.94. The fourth-order valence-corrected chi connectivity index (χ4v) is 5.50. The van der Waals surface area contributed by atoms with Gasteiger partial charge in [-0.15, -0.1) is 0 Å². The summed E-state index contributed by atoms with van der Waals surface area (Å²) in [6, 6.07) is 27.5. The summed E-state index contributed by atoms with van der Waals surface area (Å²) in [7, 11) is 2.02. The number of carbonyl (C=O) groups excluding carboxylic acids is 1. The third-order valence-electron chi connectivity index (χ3n) is 7.60. The van der Waals surface area contributed by atoms with Crippen LogP contribution in [-0.2, 0) is 4.79 Å². The Kier molecular flexibility index (Phi) is 7.04. The molecule has 8 heteroatoms. The number of hydrogen-bond acceptors (Lipinski definition) is 6. The molecular formula is C36H31N5O3. The van der Waals surface area contributed by atoms with Crippen molar-refractivity contribution in [3.63, 3.8) is 0 Å². The zero-order valence-electron chi connectivity index (χ0n) is 24.8. The number of carbonyl (C=O) groups is 1. The lowest BCUT2D eigenvalue weighted by molar-refractivity contribution is -0.113. The summed E-state index contributed by atoms with van der Waals surface area (Å²) in [4.78, 5) is 16.2. The van der Waals surface area contributed by atoms with Crippen LogP contribution < -0.4 is 0 Å². The molecule has 5 heterocycles. The number of aromatic nitrogens is 4. The summed E-state index contributed by atoms with van der Waals surface area (Å²) in [5, 5.41) is 9.71. The minimum atomic E-state index is -0.00817. The van der Waals surface area contributed by atoms with Gasteiger partial charge in [0.05, 0.1) is 11.4 Å². The number of nitrogens with zero attached hydrogens (tertiary/aromatic N) is 5. The molecule has 1 aliphatic heterocycles. The molecule has 0 atom stereocenters. The average Bonchev–Trinajstić information content (AvgIpc) is 3.83. The third-order valence-corrected chi connectivity index (χ3v) is 7.60. The van der Waals surface area contributed by atoms with Crippen LogP contribution in [-0.4, -0.2) is 50.4 Å². The maximum Gasteiger partial charge on any atom is 0.187 e. The summed E-state index contributed by atoms with van der Waals surface area (Å²) in [5.74, 6) is 2.90. The molecule has 4 aromatic heterocycles. The quantitative estimate of drug-likeness (QED) is 0.194. The van der Waals surface area contributed by atoms with E-state index in [1.165, 1.54) is 0 Å². The highest BCUT2D eigenvalue weighted by Gasteiger charge is 2.26. The number of hydrogen-bond donors (Lipinski definition) is 0. The van der Waals surface area contributed by atoms with Crippen LogP contribution >= 0.6 is 0 Å². The van der Waals surface area contributed by atoms with Crippen molar-refractivity contribution in [2.45, 2.75) is 13.8 Å². The van der Waals surface area contributed by atoms with Gasteiger partial charge in [-0.2, -0.15) is 10.2 Å². The lowest BCUT2D eigenvalue weighted by Gasteiger charge is -2.26. The number of Topliss-reactive ketones (excluding diaryl/α,β-unsaturated/α-hetero) is 1. The van der Waals surface area contributed by atoms with Crippen molar-refractivity contribution in [1.29, 1.82) is 0 Å². The van der Waals surface area contributed by atoms with Gasteiger partial charge in [-0.05, 0) is 81.6 Å². The molecule has 8 nitrogen and oxygen atoms in total. The minimum absolute atomic E-state index is 0.00817. The zero-order valence-corrected chi connectivity index (χ0v) is 24.8. The molecule has 1 saturated heterocycles. The highest BCUT2D eigenvalue weighted by molar-refractivity contribution is 6.15. The Morgan fingerprint density at radius 1 is 0.636 bits per heavy atom. The number of aryl methyl sites for hydroxylation is 2. The van der Waals surface area contributed by atoms with Gasteiger partial charge >= 0.3 is 0 Å². The molecule has 0 radical (unpaired) electrons. The number of ketones is 1. The van der Waals surface area contributed by atoms with Gasteiger partial charge < -0.3 is 8.83 Å².